The monoisotopic (exact) mass is 429 g/mol. The van der Waals surface area contributed by atoms with Gasteiger partial charge >= 0.3 is 0 Å². The Hall–Kier alpha value is -3.98. The van der Waals surface area contributed by atoms with Gasteiger partial charge in [-0.25, -0.2) is 0 Å². The Morgan fingerprint density at radius 3 is 2.06 bits per heavy atom. The minimum atomic E-state index is -0.329. The van der Waals surface area contributed by atoms with E-state index in [1.165, 1.54) is 14.2 Å². The van der Waals surface area contributed by atoms with Crippen LogP contribution in [0.15, 0.2) is 66.7 Å². The first-order chi connectivity index (χ1) is 15.5. The maximum absolute atomic E-state index is 12.8. The van der Waals surface area contributed by atoms with Crippen LogP contribution >= 0.6 is 0 Å². The lowest BCUT2D eigenvalue weighted by molar-refractivity contribution is 0.102. The molecule has 6 heteroatoms. The molecule has 1 atom stereocenters. The highest BCUT2D eigenvalue weighted by Gasteiger charge is 2.19. The second kappa shape index (κ2) is 10.4. The third kappa shape index (κ3) is 5.19. The van der Waals surface area contributed by atoms with Gasteiger partial charge in [-0.15, -0.1) is 0 Å². The highest BCUT2D eigenvalue weighted by atomic mass is 16.5. The molecule has 164 valence electrons. The third-order valence-electron chi connectivity index (χ3n) is 5.27. The minimum Gasteiger partial charge on any atom is -0.496 e. The number of methoxy groups -OCH3 is 2. The van der Waals surface area contributed by atoms with Crippen LogP contribution in [0, 0.1) is 11.3 Å². The number of hydrogen-bond acceptors (Lipinski definition) is 5. The number of amides is 1. The van der Waals surface area contributed by atoms with Gasteiger partial charge in [0.1, 0.15) is 17.1 Å². The number of hydrogen-bond donors (Lipinski definition) is 1. The molecule has 0 fully saturated rings. The molecular weight excluding hydrogens is 402 g/mol. The largest absolute Gasteiger partial charge is 0.496 e. The van der Waals surface area contributed by atoms with E-state index in [2.05, 4.69) is 35.7 Å². The van der Waals surface area contributed by atoms with Crippen molar-refractivity contribution in [2.24, 2.45) is 0 Å². The van der Waals surface area contributed by atoms with Gasteiger partial charge in [0.05, 0.1) is 26.2 Å². The molecule has 0 radical (unpaired) electrons. The number of carbonyl (C=O) groups is 1. The van der Waals surface area contributed by atoms with Crippen molar-refractivity contribution in [1.82, 2.24) is 0 Å². The van der Waals surface area contributed by atoms with Gasteiger partial charge < -0.3 is 19.7 Å². The van der Waals surface area contributed by atoms with Crippen molar-refractivity contribution in [2.45, 2.75) is 12.3 Å². The Morgan fingerprint density at radius 2 is 1.56 bits per heavy atom. The molecule has 0 spiro atoms. The number of carbonyl (C=O) groups excluding carboxylic acids is 1. The molecule has 0 aliphatic rings. The Balaban J connectivity index is 1.73. The van der Waals surface area contributed by atoms with Gasteiger partial charge in [0.25, 0.3) is 5.91 Å². The molecule has 0 aromatic heterocycles. The fourth-order valence-corrected chi connectivity index (χ4v) is 3.47. The van der Waals surface area contributed by atoms with E-state index in [1.807, 2.05) is 31.1 Å². The van der Waals surface area contributed by atoms with Crippen LogP contribution in [-0.2, 0) is 6.42 Å². The first-order valence-electron chi connectivity index (χ1n) is 10.2. The molecule has 0 unspecified atom stereocenters. The summed E-state index contributed by atoms with van der Waals surface area (Å²) in [4.78, 5) is 14.9. The van der Waals surface area contributed by atoms with E-state index in [1.54, 1.807) is 30.3 Å². The molecule has 32 heavy (non-hydrogen) atoms. The molecule has 0 saturated heterocycles. The van der Waals surface area contributed by atoms with E-state index in [0.29, 0.717) is 29.2 Å². The van der Waals surface area contributed by atoms with Crippen LogP contribution in [0.5, 0.6) is 11.5 Å². The van der Waals surface area contributed by atoms with Gasteiger partial charge in [-0.1, -0.05) is 30.3 Å². The topological polar surface area (TPSA) is 74.6 Å². The molecule has 3 aromatic rings. The Kier molecular flexibility index (Phi) is 7.35. The van der Waals surface area contributed by atoms with Crippen LogP contribution in [0.1, 0.15) is 27.4 Å². The fraction of sp³-hybridized carbons (Fsp3) is 0.231. The summed E-state index contributed by atoms with van der Waals surface area (Å²) >= 11 is 0. The number of anilines is 2. The zero-order valence-electron chi connectivity index (χ0n) is 18.8. The fourth-order valence-electron chi connectivity index (χ4n) is 3.47. The van der Waals surface area contributed by atoms with Gasteiger partial charge in [-0.2, -0.15) is 5.26 Å². The molecule has 1 N–H and O–H groups in total. The number of nitriles is 1. The van der Waals surface area contributed by atoms with E-state index in [-0.39, 0.29) is 11.8 Å². The van der Waals surface area contributed by atoms with Crippen LogP contribution in [0.2, 0.25) is 0 Å². The van der Waals surface area contributed by atoms with Crippen molar-refractivity contribution in [3.05, 3.63) is 83.4 Å². The van der Waals surface area contributed by atoms with E-state index >= 15 is 0 Å². The Bertz CT molecular complexity index is 1080. The SMILES string of the molecule is COc1cccc(OC)c1C(=O)Nc1ccc([C@@H](C#N)Cc2ccc(N(C)C)cc2)cc1. The van der Waals surface area contributed by atoms with E-state index in [9.17, 15) is 10.1 Å². The number of rotatable bonds is 8. The first-order valence-corrected chi connectivity index (χ1v) is 10.2. The summed E-state index contributed by atoms with van der Waals surface area (Å²) in [6.07, 6.45) is 0.619. The number of ether oxygens (including phenoxy) is 2. The Labute approximate surface area is 189 Å². The summed E-state index contributed by atoms with van der Waals surface area (Å²) in [5, 5.41) is 12.6. The highest BCUT2D eigenvalue weighted by molar-refractivity contribution is 6.08. The van der Waals surface area contributed by atoms with Crippen molar-refractivity contribution in [1.29, 1.82) is 5.26 Å². The van der Waals surface area contributed by atoms with Crippen LogP contribution in [0.4, 0.5) is 11.4 Å². The molecule has 3 aromatic carbocycles. The predicted octanol–water partition coefficient (Wildman–Crippen LogP) is 4.87. The van der Waals surface area contributed by atoms with Crippen LogP contribution < -0.4 is 19.7 Å². The normalized spacial score (nSPS) is 11.2. The average molecular weight is 430 g/mol. The number of nitrogens with one attached hydrogen (secondary N) is 1. The summed E-state index contributed by atoms with van der Waals surface area (Å²) < 4.78 is 10.6. The van der Waals surface area contributed by atoms with Crippen molar-refractivity contribution < 1.29 is 14.3 Å². The van der Waals surface area contributed by atoms with Crippen molar-refractivity contribution in [2.75, 3.05) is 38.5 Å². The van der Waals surface area contributed by atoms with Gasteiger partial charge in [-0.05, 0) is 53.9 Å². The molecule has 0 heterocycles. The van der Waals surface area contributed by atoms with Crippen LogP contribution in [0.3, 0.4) is 0 Å². The summed E-state index contributed by atoms with van der Waals surface area (Å²) in [6, 6.07) is 23.1. The quantitative estimate of drug-likeness (QED) is 0.553. The molecule has 1 amide bonds. The number of nitrogens with zero attached hydrogens (tertiary/aromatic N) is 2. The summed E-state index contributed by atoms with van der Waals surface area (Å²) in [6.45, 7) is 0. The Morgan fingerprint density at radius 1 is 0.969 bits per heavy atom. The maximum atomic E-state index is 12.8. The van der Waals surface area contributed by atoms with Gasteiger partial charge in [-0.3, -0.25) is 4.79 Å². The van der Waals surface area contributed by atoms with E-state index < -0.39 is 0 Å². The number of benzene rings is 3. The van der Waals surface area contributed by atoms with Crippen LogP contribution in [-0.4, -0.2) is 34.2 Å². The lowest BCUT2D eigenvalue weighted by atomic mass is 9.93. The average Bonchev–Trinajstić information content (AvgIpc) is 2.82. The van der Waals surface area contributed by atoms with E-state index in [4.69, 9.17) is 9.47 Å². The van der Waals surface area contributed by atoms with Crippen molar-refractivity contribution >= 4 is 17.3 Å². The van der Waals surface area contributed by atoms with E-state index in [0.717, 1.165) is 16.8 Å². The second-order valence-electron chi connectivity index (χ2n) is 7.56. The van der Waals surface area contributed by atoms with Crippen molar-refractivity contribution in [3.63, 3.8) is 0 Å². The summed E-state index contributed by atoms with van der Waals surface area (Å²) in [7, 11) is 7.02. The molecule has 0 aliphatic heterocycles. The lowest BCUT2D eigenvalue weighted by Gasteiger charge is -2.15. The molecule has 6 nitrogen and oxygen atoms in total. The zero-order chi connectivity index (χ0) is 23.1. The van der Waals surface area contributed by atoms with Crippen molar-refractivity contribution in [3.8, 4) is 17.6 Å². The highest BCUT2D eigenvalue weighted by Crippen LogP contribution is 2.29. The molecular formula is C26H27N3O3. The zero-order valence-corrected chi connectivity index (χ0v) is 18.8. The smallest absolute Gasteiger partial charge is 0.263 e. The predicted molar refractivity (Wildman–Crippen MR) is 127 cm³/mol. The standard InChI is InChI=1S/C26H27N3O3/c1-29(2)22-14-8-18(9-15-22)16-20(17-27)19-10-12-21(13-11-19)28-26(30)25-23(31-3)6-5-7-24(25)32-4/h5-15,20H,16H2,1-4H3,(H,28,30)/t20-/m1/s1. The maximum Gasteiger partial charge on any atom is 0.263 e. The van der Waals surface area contributed by atoms with Crippen LogP contribution in [0.25, 0.3) is 0 Å². The molecule has 0 bridgehead atoms. The minimum absolute atomic E-state index is 0.278. The molecule has 3 rings (SSSR count). The molecule has 0 aliphatic carbocycles. The summed E-state index contributed by atoms with van der Waals surface area (Å²) in [5.74, 6) is 0.260. The van der Waals surface area contributed by atoms with Gasteiger partial charge in [0.15, 0.2) is 0 Å². The first kappa shape index (κ1) is 22.7. The lowest BCUT2D eigenvalue weighted by Crippen LogP contribution is -2.14. The van der Waals surface area contributed by atoms with Gasteiger partial charge in [0, 0.05) is 25.5 Å². The molecule has 0 saturated carbocycles. The third-order valence-corrected chi connectivity index (χ3v) is 5.27. The summed E-state index contributed by atoms with van der Waals surface area (Å²) in [5.41, 5.74) is 4.07. The van der Waals surface area contributed by atoms with Gasteiger partial charge in [0.2, 0.25) is 0 Å². The second-order valence-corrected chi connectivity index (χ2v) is 7.56.